The first-order chi connectivity index (χ1) is 17.5. The number of nitrogens with zero attached hydrogens (tertiary/aromatic N) is 2. The van der Waals surface area contributed by atoms with E-state index in [4.69, 9.17) is 9.47 Å². The fourth-order valence-electron chi connectivity index (χ4n) is 4.71. The third kappa shape index (κ3) is 5.97. The lowest BCUT2D eigenvalue weighted by atomic mass is 9.95. The van der Waals surface area contributed by atoms with E-state index >= 15 is 0 Å². The molecule has 36 heavy (non-hydrogen) atoms. The molecule has 7 nitrogen and oxygen atoms in total. The summed E-state index contributed by atoms with van der Waals surface area (Å²) in [6.45, 7) is 8.62. The topological polar surface area (TPSA) is 79.3 Å². The van der Waals surface area contributed by atoms with Gasteiger partial charge >= 0.3 is 0 Å². The maximum absolute atomic E-state index is 13.3. The summed E-state index contributed by atoms with van der Waals surface area (Å²) >= 11 is 0. The highest BCUT2D eigenvalue weighted by atomic mass is 16.5. The Morgan fingerprint density at radius 2 is 1.81 bits per heavy atom. The molecule has 2 aliphatic heterocycles. The lowest BCUT2D eigenvalue weighted by molar-refractivity contribution is -0.140. The Kier molecular flexibility index (Phi) is 8.78. The Bertz CT molecular complexity index is 1090. The molecule has 0 bridgehead atoms. The molecule has 2 fully saturated rings. The molecule has 1 atom stereocenters. The van der Waals surface area contributed by atoms with E-state index in [1.807, 2.05) is 43.3 Å². The van der Waals surface area contributed by atoms with Crippen LogP contribution in [0.25, 0.3) is 5.76 Å². The minimum Gasteiger partial charge on any atom is -0.507 e. The van der Waals surface area contributed by atoms with Crippen molar-refractivity contribution in [3.8, 4) is 5.75 Å². The van der Waals surface area contributed by atoms with Crippen LogP contribution in [0.4, 0.5) is 0 Å². The first-order valence-corrected chi connectivity index (χ1v) is 12.9. The number of carbonyl (C=O) groups excluding carboxylic acids is 2. The van der Waals surface area contributed by atoms with Gasteiger partial charge in [0.1, 0.15) is 11.5 Å². The number of rotatable bonds is 10. The Labute approximate surface area is 213 Å². The van der Waals surface area contributed by atoms with Crippen LogP contribution in [-0.4, -0.2) is 72.6 Å². The van der Waals surface area contributed by atoms with Gasteiger partial charge in [0.05, 0.1) is 31.4 Å². The molecule has 4 rings (SSSR count). The van der Waals surface area contributed by atoms with Crippen LogP contribution in [0.15, 0.2) is 54.1 Å². The molecule has 7 heteroatoms. The van der Waals surface area contributed by atoms with Crippen molar-refractivity contribution in [3.05, 3.63) is 70.8 Å². The molecular weight excluding hydrogens is 456 g/mol. The summed E-state index contributed by atoms with van der Waals surface area (Å²) in [5.41, 5.74) is 2.43. The monoisotopic (exact) mass is 492 g/mol. The van der Waals surface area contributed by atoms with Crippen molar-refractivity contribution in [3.63, 3.8) is 0 Å². The van der Waals surface area contributed by atoms with E-state index < -0.39 is 17.7 Å². The zero-order valence-electron chi connectivity index (χ0n) is 21.2. The fraction of sp³-hybridized carbons (Fsp3) is 0.448. The third-order valence-electron chi connectivity index (χ3n) is 6.82. The number of aliphatic hydroxyl groups excluding tert-OH is 1. The first-order valence-electron chi connectivity index (χ1n) is 12.9. The van der Waals surface area contributed by atoms with Gasteiger partial charge in [-0.1, -0.05) is 61.7 Å². The summed E-state index contributed by atoms with van der Waals surface area (Å²) < 4.78 is 11.4. The minimum atomic E-state index is -0.688. The van der Waals surface area contributed by atoms with E-state index in [2.05, 4.69) is 11.8 Å². The molecule has 0 aliphatic carbocycles. The van der Waals surface area contributed by atoms with Gasteiger partial charge in [-0.3, -0.25) is 14.5 Å². The van der Waals surface area contributed by atoms with Crippen molar-refractivity contribution < 1.29 is 24.2 Å². The molecule has 2 heterocycles. The van der Waals surface area contributed by atoms with Crippen molar-refractivity contribution in [2.45, 2.75) is 39.2 Å². The molecule has 2 aliphatic rings. The highest BCUT2D eigenvalue weighted by Crippen LogP contribution is 2.40. The smallest absolute Gasteiger partial charge is 0.295 e. The predicted molar refractivity (Wildman–Crippen MR) is 139 cm³/mol. The van der Waals surface area contributed by atoms with Gasteiger partial charge < -0.3 is 19.5 Å². The standard InChI is InChI=1S/C29H36N2O5/c1-3-4-5-17-36-24-8-6-7-23(20-24)26-25(27(32)22-11-9-21(2)10-12-22)28(33)29(34)31(26)14-13-30-15-18-35-19-16-30/h6-12,20,26,32H,3-5,13-19H2,1-2H3. The zero-order chi connectivity index (χ0) is 25.5. The molecule has 2 aromatic rings. The number of amides is 1. The molecular formula is C29H36N2O5. The van der Waals surface area contributed by atoms with E-state index in [0.717, 1.165) is 43.5 Å². The quantitative estimate of drug-likeness (QED) is 0.230. The van der Waals surface area contributed by atoms with Crippen molar-refractivity contribution in [2.24, 2.45) is 0 Å². The highest BCUT2D eigenvalue weighted by Gasteiger charge is 2.46. The molecule has 1 unspecified atom stereocenters. The molecule has 2 saturated heterocycles. The number of hydrogen-bond acceptors (Lipinski definition) is 6. The van der Waals surface area contributed by atoms with E-state index in [1.165, 1.54) is 0 Å². The maximum atomic E-state index is 13.3. The fourth-order valence-corrected chi connectivity index (χ4v) is 4.71. The summed E-state index contributed by atoms with van der Waals surface area (Å²) in [6.07, 6.45) is 3.17. The second kappa shape index (κ2) is 12.2. The number of ketones is 1. The van der Waals surface area contributed by atoms with Crippen LogP contribution in [-0.2, 0) is 14.3 Å². The van der Waals surface area contributed by atoms with Crippen LogP contribution < -0.4 is 4.74 Å². The van der Waals surface area contributed by atoms with Crippen LogP contribution in [0, 0.1) is 6.92 Å². The summed E-state index contributed by atoms with van der Waals surface area (Å²) in [4.78, 5) is 30.4. The molecule has 0 radical (unpaired) electrons. The van der Waals surface area contributed by atoms with Gasteiger partial charge in [0.15, 0.2) is 0 Å². The molecule has 2 aromatic carbocycles. The lowest BCUT2D eigenvalue weighted by Gasteiger charge is -2.31. The van der Waals surface area contributed by atoms with E-state index in [1.54, 1.807) is 17.0 Å². The Morgan fingerprint density at radius 3 is 2.53 bits per heavy atom. The van der Waals surface area contributed by atoms with Crippen molar-refractivity contribution in [1.82, 2.24) is 9.80 Å². The molecule has 1 N–H and O–H groups in total. The maximum Gasteiger partial charge on any atom is 0.295 e. The van der Waals surface area contributed by atoms with Gasteiger partial charge in [-0.15, -0.1) is 0 Å². The number of carbonyl (C=O) groups is 2. The van der Waals surface area contributed by atoms with Crippen LogP contribution >= 0.6 is 0 Å². The van der Waals surface area contributed by atoms with Gasteiger partial charge in [0.2, 0.25) is 0 Å². The van der Waals surface area contributed by atoms with E-state index in [9.17, 15) is 14.7 Å². The lowest BCUT2D eigenvalue weighted by Crippen LogP contribution is -2.42. The van der Waals surface area contributed by atoms with Gasteiger partial charge in [0, 0.05) is 31.7 Å². The van der Waals surface area contributed by atoms with Crippen LogP contribution in [0.3, 0.4) is 0 Å². The van der Waals surface area contributed by atoms with Gasteiger partial charge in [0.25, 0.3) is 11.7 Å². The number of ether oxygens (including phenoxy) is 2. The number of unbranched alkanes of at least 4 members (excludes halogenated alkanes) is 2. The Morgan fingerprint density at radius 1 is 1.06 bits per heavy atom. The van der Waals surface area contributed by atoms with Crippen molar-refractivity contribution >= 4 is 17.4 Å². The molecule has 0 spiro atoms. The number of likely N-dealkylation sites (tertiary alicyclic amines) is 1. The van der Waals surface area contributed by atoms with Gasteiger partial charge in [-0.2, -0.15) is 0 Å². The Balaban J connectivity index is 1.68. The summed E-state index contributed by atoms with van der Waals surface area (Å²) in [6, 6.07) is 14.1. The van der Waals surface area contributed by atoms with Crippen LogP contribution in [0.1, 0.15) is 48.9 Å². The zero-order valence-corrected chi connectivity index (χ0v) is 21.2. The average Bonchev–Trinajstić information content (AvgIpc) is 3.16. The summed E-state index contributed by atoms with van der Waals surface area (Å²) in [7, 11) is 0. The second-order valence-corrected chi connectivity index (χ2v) is 9.44. The number of morpholine rings is 1. The molecule has 0 aromatic heterocycles. The SMILES string of the molecule is CCCCCOc1cccc(C2C(=C(O)c3ccc(C)cc3)C(=O)C(=O)N2CCN2CCOCC2)c1. The molecule has 0 saturated carbocycles. The van der Waals surface area contributed by atoms with Gasteiger partial charge in [-0.25, -0.2) is 0 Å². The van der Waals surface area contributed by atoms with Gasteiger partial charge in [-0.05, 0) is 31.0 Å². The average molecular weight is 493 g/mol. The van der Waals surface area contributed by atoms with E-state index in [0.29, 0.717) is 44.2 Å². The minimum absolute atomic E-state index is 0.119. The highest BCUT2D eigenvalue weighted by molar-refractivity contribution is 6.46. The molecule has 1 amide bonds. The molecule has 192 valence electrons. The number of aryl methyl sites for hydroxylation is 1. The van der Waals surface area contributed by atoms with Crippen molar-refractivity contribution in [2.75, 3.05) is 46.0 Å². The second-order valence-electron chi connectivity index (χ2n) is 9.44. The first kappa shape index (κ1) is 25.9. The number of hydrogen-bond donors (Lipinski definition) is 1. The number of aliphatic hydroxyl groups is 1. The van der Waals surface area contributed by atoms with Crippen LogP contribution in [0.2, 0.25) is 0 Å². The largest absolute Gasteiger partial charge is 0.507 e. The number of Topliss-reactive ketones (excluding diaryl/α,β-unsaturated/α-hetero) is 1. The normalized spacial score (nSPS) is 20.2. The summed E-state index contributed by atoms with van der Waals surface area (Å²) in [5, 5.41) is 11.3. The number of benzene rings is 2. The Hall–Kier alpha value is -3.16. The third-order valence-corrected chi connectivity index (χ3v) is 6.82. The predicted octanol–water partition coefficient (Wildman–Crippen LogP) is 4.32. The van der Waals surface area contributed by atoms with E-state index in [-0.39, 0.29) is 11.3 Å². The van der Waals surface area contributed by atoms with Crippen LogP contribution in [0.5, 0.6) is 5.75 Å². The summed E-state index contributed by atoms with van der Waals surface area (Å²) in [5.74, 6) is -0.704. The van der Waals surface area contributed by atoms with Crippen molar-refractivity contribution in [1.29, 1.82) is 0 Å².